The number of benzene rings is 2. The molecule has 2 N–H and O–H groups in total. The quantitative estimate of drug-likeness (QED) is 0.397. The number of pyridine rings is 1. The Bertz CT molecular complexity index is 1610. The highest BCUT2D eigenvalue weighted by Crippen LogP contribution is 2.24. The third kappa shape index (κ3) is 6.59. The average molecular weight is 565 g/mol. The van der Waals surface area contributed by atoms with Crippen LogP contribution in [0.5, 0.6) is 0 Å². The molecule has 0 unspecified atom stereocenters. The number of nitrogens with zero attached hydrogens (tertiary/aromatic N) is 2. The van der Waals surface area contributed by atoms with Crippen LogP contribution in [0, 0.1) is 17.5 Å². The van der Waals surface area contributed by atoms with Crippen LogP contribution in [0.4, 0.5) is 13.2 Å². The molecule has 1 aliphatic heterocycles. The van der Waals surface area contributed by atoms with Gasteiger partial charge in [-0.25, -0.2) is 13.2 Å². The van der Waals surface area contributed by atoms with Crippen LogP contribution in [-0.2, 0) is 30.8 Å². The van der Waals surface area contributed by atoms with E-state index in [2.05, 4.69) is 10.6 Å². The monoisotopic (exact) mass is 564 g/mol. The van der Waals surface area contributed by atoms with Crippen molar-refractivity contribution in [2.24, 2.45) is 0 Å². The molecule has 0 saturated heterocycles. The van der Waals surface area contributed by atoms with Crippen LogP contribution in [0.2, 0.25) is 0 Å². The molecular formula is C31H31F3N4O3. The topological polar surface area (TPSA) is 83.4 Å². The van der Waals surface area contributed by atoms with E-state index < -0.39 is 28.9 Å². The van der Waals surface area contributed by atoms with Crippen LogP contribution < -0.4 is 16.2 Å². The molecule has 7 nitrogen and oxygen atoms in total. The Balaban J connectivity index is 1.50. The van der Waals surface area contributed by atoms with Crippen molar-refractivity contribution in [3.05, 3.63) is 122 Å². The minimum atomic E-state index is -1.14. The molecule has 0 bridgehead atoms. The fraction of sp³-hybridized carbons (Fsp3) is 0.258. The molecule has 10 heteroatoms. The molecular weight excluding hydrogens is 533 g/mol. The summed E-state index contributed by atoms with van der Waals surface area (Å²) in [7, 11) is 0. The second kappa shape index (κ2) is 12.7. The Morgan fingerprint density at radius 3 is 2.37 bits per heavy atom. The summed E-state index contributed by atoms with van der Waals surface area (Å²) < 4.78 is 45.7. The van der Waals surface area contributed by atoms with Gasteiger partial charge in [0.1, 0.15) is 5.82 Å². The zero-order valence-electron chi connectivity index (χ0n) is 23.1. The predicted molar refractivity (Wildman–Crippen MR) is 150 cm³/mol. The highest BCUT2D eigenvalue weighted by atomic mass is 19.2. The first-order valence-corrected chi connectivity index (χ1v) is 13.2. The second-order valence-electron chi connectivity index (χ2n) is 9.72. The Labute approximate surface area is 236 Å². The van der Waals surface area contributed by atoms with Crippen molar-refractivity contribution in [2.45, 2.75) is 46.8 Å². The zero-order valence-corrected chi connectivity index (χ0v) is 23.1. The number of aryl methyl sites for hydroxylation is 1. The van der Waals surface area contributed by atoms with E-state index in [9.17, 15) is 27.6 Å². The summed E-state index contributed by atoms with van der Waals surface area (Å²) in [6, 6.07) is 8.38. The molecule has 1 aromatic heterocycles. The lowest BCUT2D eigenvalue weighted by atomic mass is 9.96. The van der Waals surface area contributed by atoms with Crippen molar-refractivity contribution < 1.29 is 22.8 Å². The van der Waals surface area contributed by atoms with Gasteiger partial charge in [0.25, 0.3) is 11.5 Å². The molecule has 41 heavy (non-hydrogen) atoms. The maximum atomic E-state index is 15.0. The molecule has 0 atom stereocenters. The van der Waals surface area contributed by atoms with Gasteiger partial charge >= 0.3 is 0 Å². The van der Waals surface area contributed by atoms with E-state index in [1.54, 1.807) is 12.3 Å². The SMILES string of the molecule is C/C=C(/C)c1cc(CNC(=O)c2ccc(=O)n(Cc3ccc(CN4C=CNCC4=O)c(F)c3F)c2)c(F)cc1CC. The molecule has 214 valence electrons. The van der Waals surface area contributed by atoms with Crippen molar-refractivity contribution in [1.29, 1.82) is 0 Å². The van der Waals surface area contributed by atoms with Crippen molar-refractivity contribution in [1.82, 2.24) is 20.1 Å². The molecule has 4 rings (SSSR count). The largest absolute Gasteiger partial charge is 0.381 e. The van der Waals surface area contributed by atoms with Crippen molar-refractivity contribution in [3.8, 4) is 0 Å². The van der Waals surface area contributed by atoms with E-state index >= 15 is 0 Å². The summed E-state index contributed by atoms with van der Waals surface area (Å²) >= 11 is 0. The normalized spacial score (nSPS) is 13.4. The van der Waals surface area contributed by atoms with Gasteiger partial charge in [0.05, 0.1) is 25.2 Å². The number of amides is 2. The Morgan fingerprint density at radius 1 is 1.00 bits per heavy atom. The van der Waals surface area contributed by atoms with E-state index in [1.807, 2.05) is 26.8 Å². The smallest absolute Gasteiger partial charge is 0.253 e. The van der Waals surface area contributed by atoms with E-state index in [4.69, 9.17) is 0 Å². The third-order valence-corrected chi connectivity index (χ3v) is 7.07. The van der Waals surface area contributed by atoms with E-state index in [1.165, 1.54) is 41.6 Å². The zero-order chi connectivity index (χ0) is 29.7. The molecule has 1 aliphatic rings. The van der Waals surface area contributed by atoms with Gasteiger partial charge in [-0.2, -0.15) is 0 Å². The maximum absolute atomic E-state index is 15.0. The summed E-state index contributed by atoms with van der Waals surface area (Å²) in [5.74, 6) is -3.54. The Morgan fingerprint density at radius 2 is 1.71 bits per heavy atom. The van der Waals surface area contributed by atoms with E-state index in [0.29, 0.717) is 12.0 Å². The van der Waals surface area contributed by atoms with Crippen LogP contribution in [0.1, 0.15) is 58.9 Å². The number of rotatable bonds is 9. The average Bonchev–Trinajstić information content (AvgIpc) is 2.97. The van der Waals surface area contributed by atoms with Gasteiger partial charge in [0.15, 0.2) is 11.6 Å². The van der Waals surface area contributed by atoms with Crippen molar-refractivity contribution in [3.63, 3.8) is 0 Å². The number of aromatic nitrogens is 1. The first kappa shape index (κ1) is 29.4. The van der Waals surface area contributed by atoms with Crippen molar-refractivity contribution >= 4 is 17.4 Å². The molecule has 0 spiro atoms. The van der Waals surface area contributed by atoms with Crippen LogP contribution in [0.25, 0.3) is 5.57 Å². The molecule has 2 amide bonds. The molecule has 2 heterocycles. The van der Waals surface area contributed by atoms with Crippen LogP contribution in [0.3, 0.4) is 0 Å². The van der Waals surface area contributed by atoms with E-state index in [-0.39, 0.29) is 48.8 Å². The fourth-order valence-electron chi connectivity index (χ4n) is 4.53. The van der Waals surface area contributed by atoms with Gasteiger partial charge in [0, 0.05) is 47.9 Å². The van der Waals surface area contributed by atoms with Crippen molar-refractivity contribution in [2.75, 3.05) is 6.54 Å². The summed E-state index contributed by atoms with van der Waals surface area (Å²) in [5, 5.41) is 5.41. The third-order valence-electron chi connectivity index (χ3n) is 7.07. The molecule has 0 aliphatic carbocycles. The number of nitrogens with one attached hydrogen (secondary N) is 2. The maximum Gasteiger partial charge on any atom is 0.253 e. The summed E-state index contributed by atoms with van der Waals surface area (Å²) in [4.78, 5) is 38.6. The number of carbonyl (C=O) groups excluding carboxylic acids is 2. The predicted octanol–water partition coefficient (Wildman–Crippen LogP) is 4.63. The molecule has 0 radical (unpaired) electrons. The lowest BCUT2D eigenvalue weighted by Crippen LogP contribution is -2.37. The van der Waals surface area contributed by atoms with Gasteiger partial charge in [0.2, 0.25) is 5.91 Å². The van der Waals surface area contributed by atoms with Gasteiger partial charge in [-0.3, -0.25) is 14.4 Å². The summed E-state index contributed by atoms with van der Waals surface area (Å²) in [6.45, 7) is 5.29. The van der Waals surface area contributed by atoms with Gasteiger partial charge in [-0.15, -0.1) is 0 Å². The highest BCUT2D eigenvalue weighted by Gasteiger charge is 2.20. The number of carbonyl (C=O) groups is 2. The summed E-state index contributed by atoms with van der Waals surface area (Å²) in [5.41, 5.74) is 2.55. The fourth-order valence-corrected chi connectivity index (χ4v) is 4.53. The Kier molecular flexibility index (Phi) is 9.11. The van der Waals surface area contributed by atoms with Crippen LogP contribution in [0.15, 0.2) is 65.9 Å². The van der Waals surface area contributed by atoms with Gasteiger partial charge in [-0.05, 0) is 55.2 Å². The number of hydrogen-bond acceptors (Lipinski definition) is 4. The first-order valence-electron chi connectivity index (χ1n) is 13.2. The van der Waals surface area contributed by atoms with E-state index in [0.717, 1.165) is 27.3 Å². The molecule has 0 fully saturated rings. The van der Waals surface area contributed by atoms with Gasteiger partial charge in [-0.1, -0.05) is 25.1 Å². The number of hydrogen-bond donors (Lipinski definition) is 2. The lowest BCUT2D eigenvalue weighted by molar-refractivity contribution is -0.128. The molecule has 0 saturated carbocycles. The van der Waals surface area contributed by atoms with Crippen LogP contribution in [-0.4, -0.2) is 27.8 Å². The Hall–Kier alpha value is -4.60. The molecule has 2 aromatic carbocycles. The lowest BCUT2D eigenvalue weighted by Gasteiger charge is -2.22. The minimum Gasteiger partial charge on any atom is -0.381 e. The number of allylic oxidation sites excluding steroid dienone is 2. The summed E-state index contributed by atoms with van der Waals surface area (Å²) in [6.07, 6.45) is 6.83. The van der Waals surface area contributed by atoms with Crippen LogP contribution >= 0.6 is 0 Å². The minimum absolute atomic E-state index is 0.0152. The number of halogens is 3. The first-order chi connectivity index (χ1) is 19.6. The highest BCUT2D eigenvalue weighted by molar-refractivity contribution is 5.93. The second-order valence-corrected chi connectivity index (χ2v) is 9.72. The standard InChI is InChI=1S/C31H31F3N4O3/c1-4-19(3)25-12-24(26(32)13-20(25)5-2)14-36-31(41)23-8-9-27(39)38(18-23)17-22-7-6-21(29(33)30(22)34)16-37-11-10-35-15-28(37)40/h4,6-13,18,35H,5,14-17H2,1-3H3,(H,36,41)/b19-4-. The van der Waals surface area contributed by atoms with Gasteiger partial charge < -0.3 is 20.1 Å². The molecule has 3 aromatic rings.